The predicted molar refractivity (Wildman–Crippen MR) is 102 cm³/mol. The quantitative estimate of drug-likeness (QED) is 0.800. The van der Waals surface area contributed by atoms with Gasteiger partial charge in [-0.3, -0.25) is 9.59 Å². The molecule has 0 spiro atoms. The molecule has 0 fully saturated rings. The summed E-state index contributed by atoms with van der Waals surface area (Å²) >= 11 is 3.34. The van der Waals surface area contributed by atoms with E-state index in [4.69, 9.17) is 4.74 Å². The molecule has 132 valence electrons. The number of benzene rings is 2. The van der Waals surface area contributed by atoms with Crippen LogP contribution in [-0.4, -0.2) is 36.9 Å². The van der Waals surface area contributed by atoms with E-state index in [0.717, 1.165) is 21.3 Å². The molecular weight excluding hydrogens is 384 g/mol. The minimum atomic E-state index is -0.268. The van der Waals surface area contributed by atoms with Crippen LogP contribution in [0.5, 0.6) is 5.75 Å². The first-order chi connectivity index (χ1) is 11.9. The smallest absolute Gasteiger partial charge is 0.260 e. The predicted octanol–water partition coefficient (Wildman–Crippen LogP) is 3.54. The lowest BCUT2D eigenvalue weighted by Crippen LogP contribution is -2.37. The van der Waals surface area contributed by atoms with Gasteiger partial charge in [0.25, 0.3) is 5.91 Å². The molecule has 1 N–H and O–H groups in total. The molecule has 0 aliphatic rings. The summed E-state index contributed by atoms with van der Waals surface area (Å²) in [6.45, 7) is 3.78. The standard InChI is InChI=1S/C19H21BrN2O3/c1-13-6-4-9-17(14(13)2)21-18(23)11-22(3)19(24)12-25-16-8-5-7-15(20)10-16/h4-10H,11-12H2,1-3H3,(H,21,23). The largest absolute Gasteiger partial charge is 0.484 e. The van der Waals surface area contributed by atoms with Crippen LogP contribution in [0.25, 0.3) is 0 Å². The van der Waals surface area contributed by atoms with Crippen LogP contribution in [0.3, 0.4) is 0 Å². The van der Waals surface area contributed by atoms with Gasteiger partial charge in [0.2, 0.25) is 5.91 Å². The van der Waals surface area contributed by atoms with Crippen LogP contribution < -0.4 is 10.1 Å². The van der Waals surface area contributed by atoms with E-state index in [-0.39, 0.29) is 25.0 Å². The first kappa shape index (κ1) is 19.0. The summed E-state index contributed by atoms with van der Waals surface area (Å²) in [6, 6.07) is 13.0. The molecule has 25 heavy (non-hydrogen) atoms. The van der Waals surface area contributed by atoms with Crippen molar-refractivity contribution in [3.05, 3.63) is 58.1 Å². The Morgan fingerprint density at radius 3 is 2.60 bits per heavy atom. The molecule has 0 aliphatic carbocycles. The van der Waals surface area contributed by atoms with Crippen molar-refractivity contribution < 1.29 is 14.3 Å². The number of amides is 2. The van der Waals surface area contributed by atoms with Crippen LogP contribution in [0, 0.1) is 13.8 Å². The highest BCUT2D eigenvalue weighted by atomic mass is 79.9. The molecule has 6 heteroatoms. The molecule has 0 saturated carbocycles. The Hall–Kier alpha value is -2.34. The monoisotopic (exact) mass is 404 g/mol. The molecule has 5 nitrogen and oxygen atoms in total. The van der Waals surface area contributed by atoms with Crippen LogP contribution in [-0.2, 0) is 9.59 Å². The Labute approximate surface area is 156 Å². The Morgan fingerprint density at radius 1 is 1.16 bits per heavy atom. The van der Waals surface area contributed by atoms with Gasteiger partial charge in [-0.25, -0.2) is 0 Å². The van der Waals surface area contributed by atoms with Crippen molar-refractivity contribution in [1.29, 1.82) is 0 Å². The molecule has 0 bridgehead atoms. The van der Waals surface area contributed by atoms with E-state index in [9.17, 15) is 9.59 Å². The highest BCUT2D eigenvalue weighted by molar-refractivity contribution is 9.10. The maximum Gasteiger partial charge on any atom is 0.260 e. The van der Waals surface area contributed by atoms with Gasteiger partial charge in [-0.05, 0) is 49.2 Å². The van der Waals surface area contributed by atoms with E-state index in [2.05, 4.69) is 21.2 Å². The zero-order valence-electron chi connectivity index (χ0n) is 14.5. The number of likely N-dealkylation sites (N-methyl/N-ethyl adjacent to an activating group) is 1. The van der Waals surface area contributed by atoms with Gasteiger partial charge in [0.15, 0.2) is 6.61 Å². The number of hydrogen-bond acceptors (Lipinski definition) is 3. The van der Waals surface area contributed by atoms with E-state index in [1.54, 1.807) is 19.2 Å². The molecule has 2 amide bonds. The molecule has 0 heterocycles. The lowest BCUT2D eigenvalue weighted by atomic mass is 10.1. The molecule has 0 aromatic heterocycles. The zero-order valence-corrected chi connectivity index (χ0v) is 16.1. The van der Waals surface area contributed by atoms with Crippen molar-refractivity contribution in [2.24, 2.45) is 0 Å². The fourth-order valence-corrected chi connectivity index (χ4v) is 2.57. The van der Waals surface area contributed by atoms with Crippen molar-refractivity contribution >= 4 is 33.4 Å². The van der Waals surface area contributed by atoms with Crippen molar-refractivity contribution in [2.75, 3.05) is 25.5 Å². The summed E-state index contributed by atoms with van der Waals surface area (Å²) in [6.07, 6.45) is 0. The van der Waals surface area contributed by atoms with Gasteiger partial charge in [-0.1, -0.05) is 34.1 Å². The minimum Gasteiger partial charge on any atom is -0.484 e. The molecule has 2 rings (SSSR count). The number of aryl methyl sites for hydroxylation is 1. The first-order valence-electron chi connectivity index (χ1n) is 7.85. The van der Waals surface area contributed by atoms with Gasteiger partial charge in [-0.15, -0.1) is 0 Å². The third-order valence-electron chi connectivity index (χ3n) is 3.84. The summed E-state index contributed by atoms with van der Waals surface area (Å²) in [5, 5.41) is 2.84. The SMILES string of the molecule is Cc1cccc(NC(=O)CN(C)C(=O)COc2cccc(Br)c2)c1C. The molecule has 0 aliphatic heterocycles. The number of nitrogens with zero attached hydrogens (tertiary/aromatic N) is 1. The fourth-order valence-electron chi connectivity index (χ4n) is 2.19. The van der Waals surface area contributed by atoms with Crippen molar-refractivity contribution in [3.63, 3.8) is 0 Å². The lowest BCUT2D eigenvalue weighted by molar-refractivity contribution is -0.135. The third kappa shape index (κ3) is 5.60. The normalized spacial score (nSPS) is 10.2. The van der Waals surface area contributed by atoms with Gasteiger partial charge in [0.05, 0.1) is 6.54 Å². The van der Waals surface area contributed by atoms with Gasteiger partial charge < -0.3 is 15.0 Å². The van der Waals surface area contributed by atoms with E-state index < -0.39 is 0 Å². The van der Waals surface area contributed by atoms with Crippen LogP contribution in [0.15, 0.2) is 46.9 Å². The molecule has 0 radical (unpaired) electrons. The second kappa shape index (κ2) is 8.67. The van der Waals surface area contributed by atoms with E-state index in [1.807, 2.05) is 44.2 Å². The summed E-state index contributed by atoms with van der Waals surface area (Å²) in [7, 11) is 1.58. The third-order valence-corrected chi connectivity index (χ3v) is 4.34. The Bertz CT molecular complexity index is 777. The topological polar surface area (TPSA) is 58.6 Å². The molecule has 2 aromatic carbocycles. The number of ether oxygens (including phenoxy) is 1. The second-order valence-electron chi connectivity index (χ2n) is 5.79. The number of halogens is 1. The maximum absolute atomic E-state index is 12.2. The van der Waals surface area contributed by atoms with Gasteiger partial charge >= 0.3 is 0 Å². The number of rotatable bonds is 6. The van der Waals surface area contributed by atoms with Crippen molar-refractivity contribution in [1.82, 2.24) is 4.90 Å². The Balaban J connectivity index is 1.85. The summed E-state index contributed by atoms with van der Waals surface area (Å²) in [5.41, 5.74) is 2.88. The fraction of sp³-hybridized carbons (Fsp3) is 0.263. The average Bonchev–Trinajstić information content (AvgIpc) is 2.56. The van der Waals surface area contributed by atoms with Gasteiger partial charge in [-0.2, -0.15) is 0 Å². The second-order valence-corrected chi connectivity index (χ2v) is 6.71. The highest BCUT2D eigenvalue weighted by Crippen LogP contribution is 2.18. The summed E-state index contributed by atoms with van der Waals surface area (Å²) in [5.74, 6) is 0.0825. The van der Waals surface area contributed by atoms with Gasteiger partial charge in [0.1, 0.15) is 5.75 Å². The van der Waals surface area contributed by atoms with Crippen LogP contribution in [0.1, 0.15) is 11.1 Å². The number of anilines is 1. The van der Waals surface area contributed by atoms with Crippen LogP contribution in [0.2, 0.25) is 0 Å². The zero-order chi connectivity index (χ0) is 18.4. The molecule has 0 atom stereocenters. The maximum atomic E-state index is 12.2. The lowest BCUT2D eigenvalue weighted by Gasteiger charge is -2.18. The minimum absolute atomic E-state index is 0.0337. The van der Waals surface area contributed by atoms with E-state index >= 15 is 0 Å². The number of carbonyl (C=O) groups is 2. The van der Waals surface area contributed by atoms with Gasteiger partial charge in [0, 0.05) is 17.2 Å². The number of hydrogen-bond donors (Lipinski definition) is 1. The van der Waals surface area contributed by atoms with Crippen molar-refractivity contribution in [3.8, 4) is 5.75 Å². The molecule has 2 aromatic rings. The Morgan fingerprint density at radius 2 is 1.88 bits per heavy atom. The summed E-state index contributed by atoms with van der Waals surface area (Å²) < 4.78 is 6.33. The van der Waals surface area contributed by atoms with Crippen LogP contribution >= 0.6 is 15.9 Å². The first-order valence-corrected chi connectivity index (χ1v) is 8.64. The summed E-state index contributed by atoms with van der Waals surface area (Å²) in [4.78, 5) is 25.6. The van der Waals surface area contributed by atoms with Crippen molar-refractivity contribution in [2.45, 2.75) is 13.8 Å². The molecule has 0 saturated heterocycles. The number of carbonyl (C=O) groups excluding carboxylic acids is 2. The average molecular weight is 405 g/mol. The van der Waals surface area contributed by atoms with E-state index in [0.29, 0.717) is 5.75 Å². The molecule has 0 unspecified atom stereocenters. The number of nitrogens with one attached hydrogen (secondary N) is 1. The Kier molecular flexibility index (Phi) is 6.58. The van der Waals surface area contributed by atoms with E-state index in [1.165, 1.54) is 4.90 Å². The highest BCUT2D eigenvalue weighted by Gasteiger charge is 2.14. The van der Waals surface area contributed by atoms with Crippen LogP contribution in [0.4, 0.5) is 5.69 Å². The molecular formula is C19H21BrN2O3.